The van der Waals surface area contributed by atoms with E-state index in [4.69, 9.17) is 11.6 Å². The molecule has 1 heterocycles. The number of halogens is 1. The van der Waals surface area contributed by atoms with E-state index in [1.165, 1.54) is 0 Å². The summed E-state index contributed by atoms with van der Waals surface area (Å²) in [7, 11) is 0. The third-order valence-electron chi connectivity index (χ3n) is 5.40. The SMILES string of the molecule is O=C(Nc1ccc(Cn2cccn2)cc1)C1(c2ccc(Cl)cc2)CCCC1. The minimum absolute atomic E-state index is 0.0714. The number of anilines is 1. The molecule has 27 heavy (non-hydrogen) atoms. The normalized spacial score (nSPS) is 15.6. The molecule has 0 bridgehead atoms. The lowest BCUT2D eigenvalue weighted by Gasteiger charge is -2.28. The Morgan fingerprint density at radius 1 is 1.07 bits per heavy atom. The minimum atomic E-state index is -0.460. The summed E-state index contributed by atoms with van der Waals surface area (Å²) in [5.74, 6) is 0.0714. The van der Waals surface area contributed by atoms with Crippen LogP contribution in [0.4, 0.5) is 5.69 Å². The molecule has 4 nitrogen and oxygen atoms in total. The predicted octanol–water partition coefficient (Wildman–Crippen LogP) is 5.04. The van der Waals surface area contributed by atoms with E-state index in [2.05, 4.69) is 10.4 Å². The van der Waals surface area contributed by atoms with E-state index in [1.54, 1.807) is 6.20 Å². The lowest BCUT2D eigenvalue weighted by Crippen LogP contribution is -2.37. The van der Waals surface area contributed by atoms with Crippen molar-refractivity contribution in [3.8, 4) is 0 Å². The zero-order valence-corrected chi connectivity index (χ0v) is 15.8. The number of hydrogen-bond donors (Lipinski definition) is 1. The molecule has 0 saturated heterocycles. The van der Waals surface area contributed by atoms with Crippen LogP contribution in [0.3, 0.4) is 0 Å². The average Bonchev–Trinajstić information content (AvgIpc) is 3.36. The summed E-state index contributed by atoms with van der Waals surface area (Å²) in [4.78, 5) is 13.2. The van der Waals surface area contributed by atoms with Crippen LogP contribution in [0.15, 0.2) is 67.0 Å². The van der Waals surface area contributed by atoms with Crippen molar-refractivity contribution in [2.75, 3.05) is 5.32 Å². The molecule has 1 aliphatic rings. The Morgan fingerprint density at radius 2 is 1.78 bits per heavy atom. The van der Waals surface area contributed by atoms with Gasteiger partial charge in [-0.25, -0.2) is 0 Å². The summed E-state index contributed by atoms with van der Waals surface area (Å²) in [6.07, 6.45) is 7.59. The van der Waals surface area contributed by atoms with Crippen LogP contribution in [0.5, 0.6) is 0 Å². The van der Waals surface area contributed by atoms with Crippen LogP contribution < -0.4 is 5.32 Å². The molecule has 0 radical (unpaired) electrons. The highest BCUT2D eigenvalue weighted by Gasteiger charge is 2.42. The number of nitrogens with zero attached hydrogens (tertiary/aromatic N) is 2. The first kappa shape index (κ1) is 17.8. The fourth-order valence-electron chi connectivity index (χ4n) is 3.92. The molecule has 1 fully saturated rings. The zero-order valence-electron chi connectivity index (χ0n) is 15.1. The molecule has 1 aromatic heterocycles. The van der Waals surface area contributed by atoms with Gasteiger partial charge in [0.25, 0.3) is 0 Å². The van der Waals surface area contributed by atoms with Crippen molar-refractivity contribution in [3.63, 3.8) is 0 Å². The van der Waals surface area contributed by atoms with Crippen LogP contribution in [-0.4, -0.2) is 15.7 Å². The van der Waals surface area contributed by atoms with Gasteiger partial charge in [0.2, 0.25) is 5.91 Å². The minimum Gasteiger partial charge on any atom is -0.325 e. The lowest BCUT2D eigenvalue weighted by molar-refractivity contribution is -0.121. The number of amides is 1. The second kappa shape index (κ2) is 7.57. The van der Waals surface area contributed by atoms with Gasteiger partial charge in [-0.05, 0) is 54.3 Å². The van der Waals surface area contributed by atoms with Gasteiger partial charge < -0.3 is 5.32 Å². The molecule has 1 saturated carbocycles. The van der Waals surface area contributed by atoms with Gasteiger partial charge in [-0.2, -0.15) is 5.10 Å². The molecular weight excluding hydrogens is 358 g/mol. The number of aromatic nitrogens is 2. The first-order valence-corrected chi connectivity index (χ1v) is 9.67. The van der Waals surface area contributed by atoms with Gasteiger partial charge in [-0.3, -0.25) is 9.48 Å². The second-order valence-corrected chi connectivity index (χ2v) is 7.59. The van der Waals surface area contributed by atoms with Gasteiger partial charge in [0.15, 0.2) is 0 Å². The Kier molecular flexibility index (Phi) is 4.99. The van der Waals surface area contributed by atoms with E-state index in [9.17, 15) is 4.79 Å². The lowest BCUT2D eigenvalue weighted by atomic mass is 9.78. The van der Waals surface area contributed by atoms with Gasteiger partial charge in [0, 0.05) is 23.1 Å². The van der Waals surface area contributed by atoms with Gasteiger partial charge in [-0.15, -0.1) is 0 Å². The summed E-state index contributed by atoms with van der Waals surface area (Å²) in [6.45, 7) is 0.718. The number of nitrogens with one attached hydrogen (secondary N) is 1. The number of benzene rings is 2. The van der Waals surface area contributed by atoms with E-state index in [0.717, 1.165) is 49.0 Å². The van der Waals surface area contributed by atoms with Crippen molar-refractivity contribution in [3.05, 3.63) is 83.1 Å². The third kappa shape index (κ3) is 3.76. The molecule has 5 heteroatoms. The van der Waals surface area contributed by atoms with Crippen LogP contribution in [0.2, 0.25) is 5.02 Å². The monoisotopic (exact) mass is 379 g/mol. The van der Waals surface area contributed by atoms with E-state index < -0.39 is 5.41 Å². The summed E-state index contributed by atoms with van der Waals surface area (Å²) < 4.78 is 1.88. The van der Waals surface area contributed by atoms with Crippen LogP contribution in [0, 0.1) is 0 Å². The smallest absolute Gasteiger partial charge is 0.235 e. The molecule has 4 rings (SSSR count). The number of hydrogen-bond acceptors (Lipinski definition) is 2. The Bertz CT molecular complexity index is 896. The van der Waals surface area contributed by atoms with E-state index in [-0.39, 0.29) is 5.91 Å². The highest BCUT2D eigenvalue weighted by molar-refractivity contribution is 6.30. The molecule has 2 aromatic carbocycles. The molecular formula is C22H22ClN3O. The van der Waals surface area contributed by atoms with Crippen molar-refractivity contribution in [1.82, 2.24) is 9.78 Å². The molecule has 0 atom stereocenters. The molecule has 0 aliphatic heterocycles. The Balaban J connectivity index is 1.50. The maximum atomic E-state index is 13.2. The summed E-state index contributed by atoms with van der Waals surface area (Å²) in [5.41, 5.74) is 2.56. The van der Waals surface area contributed by atoms with Gasteiger partial charge in [0.05, 0.1) is 12.0 Å². The summed E-state index contributed by atoms with van der Waals surface area (Å²) >= 11 is 6.03. The molecule has 0 unspecified atom stereocenters. The van der Waals surface area contributed by atoms with Crippen molar-refractivity contribution in [2.24, 2.45) is 0 Å². The van der Waals surface area contributed by atoms with Crippen LogP contribution in [-0.2, 0) is 16.8 Å². The number of rotatable bonds is 5. The zero-order chi connectivity index (χ0) is 18.7. The number of carbonyl (C=O) groups excluding carboxylic acids is 1. The molecule has 1 amide bonds. The highest BCUT2D eigenvalue weighted by Crippen LogP contribution is 2.42. The van der Waals surface area contributed by atoms with E-state index in [1.807, 2.05) is 65.5 Å². The molecule has 138 valence electrons. The maximum absolute atomic E-state index is 13.2. The topological polar surface area (TPSA) is 46.9 Å². The largest absolute Gasteiger partial charge is 0.325 e. The van der Waals surface area contributed by atoms with Crippen molar-refractivity contribution in [2.45, 2.75) is 37.6 Å². The predicted molar refractivity (Wildman–Crippen MR) is 108 cm³/mol. The number of carbonyl (C=O) groups is 1. The Hall–Kier alpha value is -2.59. The van der Waals surface area contributed by atoms with Gasteiger partial charge in [0.1, 0.15) is 0 Å². The molecule has 1 aliphatic carbocycles. The van der Waals surface area contributed by atoms with Crippen molar-refractivity contribution >= 4 is 23.2 Å². The van der Waals surface area contributed by atoms with E-state index >= 15 is 0 Å². The Morgan fingerprint density at radius 3 is 2.41 bits per heavy atom. The quantitative estimate of drug-likeness (QED) is 0.675. The van der Waals surface area contributed by atoms with Crippen LogP contribution in [0.1, 0.15) is 36.8 Å². The molecule has 3 aromatic rings. The first-order valence-electron chi connectivity index (χ1n) is 9.30. The fourth-order valence-corrected chi connectivity index (χ4v) is 4.05. The average molecular weight is 380 g/mol. The van der Waals surface area contributed by atoms with Crippen molar-refractivity contribution < 1.29 is 4.79 Å². The standard InChI is InChI=1S/C22H22ClN3O/c23-19-8-6-18(7-9-19)22(12-1-2-13-22)21(27)25-20-10-4-17(5-11-20)16-26-15-3-14-24-26/h3-11,14-15H,1-2,12-13,16H2,(H,25,27). The third-order valence-corrected chi connectivity index (χ3v) is 5.66. The summed E-state index contributed by atoms with van der Waals surface area (Å²) in [5, 5.41) is 8.05. The van der Waals surface area contributed by atoms with Gasteiger partial charge in [-0.1, -0.05) is 48.7 Å². The van der Waals surface area contributed by atoms with Gasteiger partial charge >= 0.3 is 0 Å². The van der Waals surface area contributed by atoms with E-state index in [0.29, 0.717) is 5.02 Å². The maximum Gasteiger partial charge on any atom is 0.235 e. The summed E-state index contributed by atoms with van der Waals surface area (Å²) in [6, 6.07) is 17.6. The van der Waals surface area contributed by atoms with Crippen LogP contribution in [0.25, 0.3) is 0 Å². The molecule has 1 N–H and O–H groups in total. The highest BCUT2D eigenvalue weighted by atomic mass is 35.5. The second-order valence-electron chi connectivity index (χ2n) is 7.15. The first-order chi connectivity index (χ1) is 13.2. The fraction of sp³-hybridized carbons (Fsp3) is 0.273. The van der Waals surface area contributed by atoms with Crippen molar-refractivity contribution in [1.29, 1.82) is 0 Å². The molecule has 0 spiro atoms. The Labute approximate surface area is 164 Å². The van der Waals surface area contributed by atoms with Crippen LogP contribution >= 0.6 is 11.6 Å².